The predicted molar refractivity (Wildman–Crippen MR) is 106 cm³/mol. The van der Waals surface area contributed by atoms with Gasteiger partial charge in [-0.05, 0) is 36.4 Å². The molecule has 0 fully saturated rings. The summed E-state index contributed by atoms with van der Waals surface area (Å²) in [6.45, 7) is 1.45. The lowest BCUT2D eigenvalue weighted by Crippen LogP contribution is -2.14. The Bertz CT molecular complexity index is 1000. The maximum atomic E-state index is 12.9. The summed E-state index contributed by atoms with van der Waals surface area (Å²) in [6.07, 6.45) is 0. The van der Waals surface area contributed by atoms with Gasteiger partial charge in [-0.3, -0.25) is 9.59 Å². The van der Waals surface area contributed by atoms with Crippen molar-refractivity contribution in [3.8, 4) is 11.4 Å². The van der Waals surface area contributed by atoms with Crippen LogP contribution in [0.25, 0.3) is 11.4 Å². The van der Waals surface area contributed by atoms with Crippen molar-refractivity contribution in [1.82, 2.24) is 14.8 Å². The van der Waals surface area contributed by atoms with Crippen molar-refractivity contribution in [2.45, 2.75) is 12.1 Å². The van der Waals surface area contributed by atoms with Crippen LogP contribution >= 0.6 is 11.8 Å². The molecule has 0 aliphatic carbocycles. The third-order valence-corrected chi connectivity index (χ3v) is 4.76. The van der Waals surface area contributed by atoms with Gasteiger partial charge in [0.1, 0.15) is 5.82 Å². The van der Waals surface area contributed by atoms with Crippen molar-refractivity contribution in [2.24, 2.45) is 7.05 Å². The molecular formula is C19H18FN5O2S. The van der Waals surface area contributed by atoms with E-state index < -0.39 is 0 Å². The van der Waals surface area contributed by atoms with Crippen LogP contribution in [0.5, 0.6) is 0 Å². The van der Waals surface area contributed by atoms with Gasteiger partial charge in [0.25, 0.3) is 0 Å². The second-order valence-corrected chi connectivity index (χ2v) is 6.91. The molecule has 0 bridgehead atoms. The van der Waals surface area contributed by atoms with Crippen LogP contribution in [0.15, 0.2) is 53.7 Å². The van der Waals surface area contributed by atoms with Crippen LogP contribution in [0.2, 0.25) is 0 Å². The Hall–Kier alpha value is -3.20. The SMILES string of the molecule is CC(=O)Nc1cccc(-c2nnc(SCC(=O)Nc3ccc(F)cc3)n2C)c1. The molecule has 0 saturated carbocycles. The topological polar surface area (TPSA) is 88.9 Å². The fourth-order valence-electron chi connectivity index (χ4n) is 2.49. The van der Waals surface area contributed by atoms with Crippen molar-refractivity contribution < 1.29 is 14.0 Å². The van der Waals surface area contributed by atoms with Crippen molar-refractivity contribution in [3.63, 3.8) is 0 Å². The number of nitrogens with zero attached hydrogens (tertiary/aromatic N) is 3. The maximum Gasteiger partial charge on any atom is 0.234 e. The Labute approximate surface area is 165 Å². The van der Waals surface area contributed by atoms with Crippen molar-refractivity contribution in [1.29, 1.82) is 0 Å². The molecule has 0 atom stereocenters. The minimum Gasteiger partial charge on any atom is -0.326 e. The number of benzene rings is 2. The standard InChI is InChI=1S/C19H18FN5O2S/c1-12(26)21-16-5-3-4-13(10-16)18-23-24-19(25(18)2)28-11-17(27)22-15-8-6-14(20)7-9-15/h3-10H,11H2,1-2H3,(H,21,26)(H,22,27). The van der Waals surface area contributed by atoms with Crippen LogP contribution in [-0.4, -0.2) is 32.3 Å². The smallest absolute Gasteiger partial charge is 0.234 e. The summed E-state index contributed by atoms with van der Waals surface area (Å²) in [5.74, 6) is 0.0116. The summed E-state index contributed by atoms with van der Waals surface area (Å²) in [5.41, 5.74) is 1.99. The Morgan fingerprint density at radius 3 is 2.54 bits per heavy atom. The molecule has 3 aromatic rings. The van der Waals surface area contributed by atoms with Gasteiger partial charge in [0.15, 0.2) is 11.0 Å². The van der Waals surface area contributed by atoms with Crippen molar-refractivity contribution in [2.75, 3.05) is 16.4 Å². The number of aromatic nitrogens is 3. The molecule has 2 aromatic carbocycles. The normalized spacial score (nSPS) is 10.5. The minimum atomic E-state index is -0.360. The van der Waals surface area contributed by atoms with E-state index in [1.807, 2.05) is 12.1 Å². The number of hydrogen-bond donors (Lipinski definition) is 2. The van der Waals surface area contributed by atoms with Gasteiger partial charge in [0.2, 0.25) is 11.8 Å². The lowest BCUT2D eigenvalue weighted by atomic mass is 10.2. The summed E-state index contributed by atoms with van der Waals surface area (Å²) in [4.78, 5) is 23.3. The van der Waals surface area contributed by atoms with Gasteiger partial charge in [-0.25, -0.2) is 4.39 Å². The van der Waals surface area contributed by atoms with E-state index in [4.69, 9.17) is 0 Å². The first-order valence-electron chi connectivity index (χ1n) is 8.38. The van der Waals surface area contributed by atoms with Gasteiger partial charge < -0.3 is 15.2 Å². The highest BCUT2D eigenvalue weighted by Gasteiger charge is 2.13. The molecule has 0 aliphatic heterocycles. The van der Waals surface area contributed by atoms with Gasteiger partial charge in [0.05, 0.1) is 5.75 Å². The molecule has 1 aromatic heterocycles. The molecule has 7 nitrogen and oxygen atoms in total. The molecule has 9 heteroatoms. The largest absolute Gasteiger partial charge is 0.326 e. The highest BCUT2D eigenvalue weighted by atomic mass is 32.2. The third-order valence-electron chi connectivity index (χ3n) is 3.74. The van der Waals surface area contributed by atoms with Crippen LogP contribution in [0.3, 0.4) is 0 Å². The Balaban J connectivity index is 1.65. The zero-order valence-corrected chi connectivity index (χ0v) is 16.1. The average molecular weight is 399 g/mol. The van der Waals surface area contributed by atoms with Gasteiger partial charge in [-0.1, -0.05) is 23.9 Å². The predicted octanol–water partition coefficient (Wildman–Crippen LogP) is 3.31. The number of amides is 2. The van der Waals surface area contributed by atoms with Crippen LogP contribution in [0.1, 0.15) is 6.92 Å². The molecule has 1 heterocycles. The van der Waals surface area contributed by atoms with E-state index in [-0.39, 0.29) is 23.4 Å². The molecule has 0 radical (unpaired) electrons. The summed E-state index contributed by atoms with van der Waals surface area (Å²) in [5, 5.41) is 14.3. The summed E-state index contributed by atoms with van der Waals surface area (Å²) < 4.78 is 14.7. The van der Waals surface area contributed by atoms with Crippen molar-refractivity contribution in [3.05, 3.63) is 54.3 Å². The second-order valence-electron chi connectivity index (χ2n) is 5.97. The number of halogens is 1. The first kappa shape index (κ1) is 19.6. The fraction of sp³-hybridized carbons (Fsp3) is 0.158. The molecule has 2 N–H and O–H groups in total. The van der Waals surface area contributed by atoms with Gasteiger partial charge in [-0.15, -0.1) is 10.2 Å². The van der Waals surface area contributed by atoms with E-state index in [9.17, 15) is 14.0 Å². The van der Waals surface area contributed by atoms with Crippen LogP contribution in [0, 0.1) is 5.82 Å². The van der Waals surface area contributed by atoms with Crippen LogP contribution in [0.4, 0.5) is 15.8 Å². The van der Waals surface area contributed by atoms with Gasteiger partial charge in [0, 0.05) is 30.9 Å². The number of nitrogens with one attached hydrogen (secondary N) is 2. The lowest BCUT2D eigenvalue weighted by Gasteiger charge is -2.07. The average Bonchev–Trinajstić information content (AvgIpc) is 3.02. The Morgan fingerprint density at radius 1 is 1.07 bits per heavy atom. The van der Waals surface area contributed by atoms with Gasteiger partial charge >= 0.3 is 0 Å². The third kappa shape index (κ3) is 4.95. The Morgan fingerprint density at radius 2 is 1.82 bits per heavy atom. The van der Waals surface area contributed by atoms with Crippen LogP contribution in [-0.2, 0) is 16.6 Å². The minimum absolute atomic E-state index is 0.134. The number of hydrogen-bond acceptors (Lipinski definition) is 5. The highest BCUT2D eigenvalue weighted by molar-refractivity contribution is 7.99. The number of carbonyl (C=O) groups excluding carboxylic acids is 2. The first-order chi connectivity index (χ1) is 13.4. The first-order valence-corrected chi connectivity index (χ1v) is 9.36. The number of rotatable bonds is 6. The molecule has 3 rings (SSSR count). The highest BCUT2D eigenvalue weighted by Crippen LogP contribution is 2.25. The monoisotopic (exact) mass is 399 g/mol. The quantitative estimate of drug-likeness (QED) is 0.621. The second kappa shape index (κ2) is 8.66. The van der Waals surface area contributed by atoms with E-state index in [2.05, 4.69) is 20.8 Å². The zero-order valence-electron chi connectivity index (χ0n) is 15.3. The van der Waals surface area contributed by atoms with Gasteiger partial charge in [-0.2, -0.15) is 0 Å². The molecule has 0 spiro atoms. The van der Waals surface area contributed by atoms with Crippen LogP contribution < -0.4 is 10.6 Å². The van der Waals surface area contributed by atoms with E-state index in [1.165, 1.54) is 43.0 Å². The maximum absolute atomic E-state index is 12.9. The fourth-order valence-corrected chi connectivity index (χ4v) is 3.20. The molecule has 0 aliphatic rings. The summed E-state index contributed by atoms with van der Waals surface area (Å²) in [7, 11) is 1.81. The lowest BCUT2D eigenvalue weighted by molar-refractivity contribution is -0.114. The van der Waals surface area contributed by atoms with Crippen molar-refractivity contribution >= 4 is 35.0 Å². The molecule has 144 valence electrons. The zero-order chi connectivity index (χ0) is 20.1. The van der Waals surface area contributed by atoms with E-state index in [0.29, 0.717) is 22.4 Å². The summed E-state index contributed by atoms with van der Waals surface area (Å²) in [6, 6.07) is 12.8. The van der Waals surface area contributed by atoms with E-state index in [0.717, 1.165) is 5.56 Å². The molecule has 28 heavy (non-hydrogen) atoms. The molecule has 0 unspecified atom stereocenters. The molecule has 2 amide bonds. The molecule has 0 saturated heterocycles. The molecular weight excluding hydrogens is 381 g/mol. The summed E-state index contributed by atoms with van der Waals surface area (Å²) >= 11 is 1.24. The van der Waals surface area contributed by atoms with E-state index >= 15 is 0 Å². The number of anilines is 2. The Kier molecular flexibility index (Phi) is 6.05. The number of carbonyl (C=O) groups is 2. The van der Waals surface area contributed by atoms with E-state index in [1.54, 1.807) is 23.7 Å². The number of thioether (sulfide) groups is 1.